The highest BCUT2D eigenvalue weighted by atomic mass is 19.1. The number of aryl methyl sites for hydroxylation is 1. The van der Waals surface area contributed by atoms with Gasteiger partial charge in [0.15, 0.2) is 0 Å². The van der Waals surface area contributed by atoms with Gasteiger partial charge >= 0.3 is 0 Å². The molecule has 18 heavy (non-hydrogen) atoms. The quantitative estimate of drug-likeness (QED) is 0.856. The Morgan fingerprint density at radius 1 is 1.33 bits per heavy atom. The zero-order valence-corrected chi connectivity index (χ0v) is 11.1. The lowest BCUT2D eigenvalue weighted by molar-refractivity contribution is 0.401. The Bertz CT molecular complexity index is 431. The van der Waals surface area contributed by atoms with E-state index < -0.39 is 0 Å². The van der Waals surface area contributed by atoms with Crippen LogP contribution in [0.3, 0.4) is 0 Å². The number of rotatable bonds is 3. The molecule has 0 heterocycles. The first-order valence-electron chi connectivity index (χ1n) is 6.87. The standard InChI is InChI=1S/C16H22FN/c1-12-9-16(17)8-7-14(12)10-15(11-18)13-5-3-2-4-6-13/h7-10,13H,2-6,11,18H2,1H3. The van der Waals surface area contributed by atoms with Crippen molar-refractivity contribution in [3.8, 4) is 0 Å². The molecule has 0 saturated heterocycles. The number of nitrogens with two attached hydrogens (primary N) is 1. The average molecular weight is 247 g/mol. The third-order valence-corrected chi connectivity index (χ3v) is 3.94. The number of hydrogen-bond donors (Lipinski definition) is 1. The number of benzene rings is 1. The Kier molecular flexibility index (Phi) is 4.54. The summed E-state index contributed by atoms with van der Waals surface area (Å²) in [5.41, 5.74) is 9.30. The Hall–Kier alpha value is -1.15. The van der Waals surface area contributed by atoms with Crippen molar-refractivity contribution >= 4 is 6.08 Å². The molecule has 0 aromatic heterocycles. The maximum Gasteiger partial charge on any atom is 0.123 e. The maximum absolute atomic E-state index is 13.1. The minimum Gasteiger partial charge on any atom is -0.327 e. The molecule has 98 valence electrons. The van der Waals surface area contributed by atoms with Gasteiger partial charge < -0.3 is 5.73 Å². The molecule has 0 spiro atoms. The molecule has 1 aliphatic carbocycles. The number of halogens is 1. The van der Waals surface area contributed by atoms with Gasteiger partial charge in [0, 0.05) is 6.54 Å². The van der Waals surface area contributed by atoms with Crippen molar-refractivity contribution in [1.82, 2.24) is 0 Å². The summed E-state index contributed by atoms with van der Waals surface area (Å²) >= 11 is 0. The monoisotopic (exact) mass is 247 g/mol. The van der Waals surface area contributed by atoms with Gasteiger partial charge in [0.1, 0.15) is 5.82 Å². The van der Waals surface area contributed by atoms with Gasteiger partial charge in [0.05, 0.1) is 0 Å². The molecule has 1 saturated carbocycles. The van der Waals surface area contributed by atoms with Crippen LogP contribution in [0.4, 0.5) is 4.39 Å². The van der Waals surface area contributed by atoms with Crippen LogP contribution in [0.25, 0.3) is 6.08 Å². The van der Waals surface area contributed by atoms with Gasteiger partial charge in [-0.1, -0.05) is 37.0 Å². The van der Waals surface area contributed by atoms with Crippen LogP contribution in [0.5, 0.6) is 0 Å². The summed E-state index contributed by atoms with van der Waals surface area (Å²) in [4.78, 5) is 0. The largest absolute Gasteiger partial charge is 0.327 e. The highest BCUT2D eigenvalue weighted by Crippen LogP contribution is 2.30. The van der Waals surface area contributed by atoms with Crippen LogP contribution >= 0.6 is 0 Å². The molecule has 1 aliphatic rings. The normalized spacial score (nSPS) is 18.1. The van der Waals surface area contributed by atoms with Crippen molar-refractivity contribution < 1.29 is 4.39 Å². The zero-order chi connectivity index (χ0) is 13.0. The van der Waals surface area contributed by atoms with Crippen LogP contribution in [0, 0.1) is 18.7 Å². The van der Waals surface area contributed by atoms with E-state index >= 15 is 0 Å². The second kappa shape index (κ2) is 6.14. The van der Waals surface area contributed by atoms with E-state index in [-0.39, 0.29) is 5.82 Å². The summed E-state index contributed by atoms with van der Waals surface area (Å²) in [6.07, 6.45) is 8.65. The van der Waals surface area contributed by atoms with E-state index in [1.165, 1.54) is 43.7 Å². The van der Waals surface area contributed by atoms with Crippen LogP contribution in [0.15, 0.2) is 23.8 Å². The molecular weight excluding hydrogens is 225 g/mol. The Morgan fingerprint density at radius 3 is 2.67 bits per heavy atom. The highest BCUT2D eigenvalue weighted by Gasteiger charge is 2.16. The van der Waals surface area contributed by atoms with Crippen molar-refractivity contribution in [2.45, 2.75) is 39.0 Å². The average Bonchev–Trinajstić information content (AvgIpc) is 2.39. The topological polar surface area (TPSA) is 26.0 Å². The zero-order valence-electron chi connectivity index (χ0n) is 11.1. The van der Waals surface area contributed by atoms with Crippen LogP contribution < -0.4 is 5.73 Å². The van der Waals surface area contributed by atoms with Crippen molar-refractivity contribution in [3.63, 3.8) is 0 Å². The van der Waals surface area contributed by atoms with E-state index in [2.05, 4.69) is 6.08 Å². The fraction of sp³-hybridized carbons (Fsp3) is 0.500. The van der Waals surface area contributed by atoms with Gasteiger partial charge in [0.2, 0.25) is 0 Å². The lowest BCUT2D eigenvalue weighted by Gasteiger charge is -2.24. The smallest absolute Gasteiger partial charge is 0.123 e. The van der Waals surface area contributed by atoms with Gasteiger partial charge in [-0.2, -0.15) is 0 Å². The molecular formula is C16H22FN. The fourth-order valence-electron chi connectivity index (χ4n) is 2.82. The SMILES string of the molecule is Cc1cc(F)ccc1C=C(CN)C1CCCCC1. The summed E-state index contributed by atoms with van der Waals surface area (Å²) in [7, 11) is 0. The first-order valence-corrected chi connectivity index (χ1v) is 6.87. The second-order valence-electron chi connectivity index (χ2n) is 5.26. The lowest BCUT2D eigenvalue weighted by atomic mass is 9.83. The van der Waals surface area contributed by atoms with Crippen LogP contribution in [-0.4, -0.2) is 6.54 Å². The Labute approximate surface area is 109 Å². The minimum atomic E-state index is -0.170. The molecule has 0 unspecified atom stereocenters. The third-order valence-electron chi connectivity index (χ3n) is 3.94. The summed E-state index contributed by atoms with van der Waals surface area (Å²) in [6, 6.07) is 4.96. The summed E-state index contributed by atoms with van der Waals surface area (Å²) in [6.45, 7) is 2.56. The van der Waals surface area contributed by atoms with E-state index in [9.17, 15) is 4.39 Å². The predicted molar refractivity (Wildman–Crippen MR) is 74.7 cm³/mol. The highest BCUT2D eigenvalue weighted by molar-refractivity contribution is 5.57. The van der Waals surface area contributed by atoms with E-state index in [0.717, 1.165) is 11.1 Å². The molecule has 0 amide bonds. The Morgan fingerprint density at radius 2 is 2.06 bits per heavy atom. The third kappa shape index (κ3) is 3.20. The van der Waals surface area contributed by atoms with Gasteiger partial charge in [-0.05, 0) is 48.9 Å². The van der Waals surface area contributed by atoms with E-state index in [0.29, 0.717) is 12.5 Å². The Balaban J connectivity index is 2.22. The molecule has 2 rings (SSSR count). The molecule has 2 heteroatoms. The molecule has 1 aromatic rings. The summed E-state index contributed by atoms with van der Waals surface area (Å²) in [5.74, 6) is 0.463. The molecule has 2 N–H and O–H groups in total. The second-order valence-corrected chi connectivity index (χ2v) is 5.26. The molecule has 1 aromatic carbocycles. The molecule has 0 atom stereocenters. The van der Waals surface area contributed by atoms with Crippen molar-refractivity contribution in [1.29, 1.82) is 0 Å². The predicted octanol–water partition coefficient (Wildman–Crippen LogP) is 4.06. The molecule has 0 radical (unpaired) electrons. The van der Waals surface area contributed by atoms with E-state index in [1.807, 2.05) is 13.0 Å². The number of hydrogen-bond acceptors (Lipinski definition) is 1. The summed E-state index contributed by atoms with van der Waals surface area (Å²) in [5, 5.41) is 0. The van der Waals surface area contributed by atoms with Gasteiger partial charge in [-0.3, -0.25) is 0 Å². The van der Waals surface area contributed by atoms with Crippen molar-refractivity contribution in [3.05, 3.63) is 40.7 Å². The molecule has 1 nitrogen and oxygen atoms in total. The van der Waals surface area contributed by atoms with Crippen molar-refractivity contribution in [2.75, 3.05) is 6.54 Å². The lowest BCUT2D eigenvalue weighted by Crippen LogP contribution is -2.16. The van der Waals surface area contributed by atoms with Gasteiger partial charge in [-0.15, -0.1) is 0 Å². The first-order chi connectivity index (χ1) is 8.70. The summed E-state index contributed by atoms with van der Waals surface area (Å²) < 4.78 is 13.1. The minimum absolute atomic E-state index is 0.170. The molecule has 0 bridgehead atoms. The van der Waals surface area contributed by atoms with E-state index in [4.69, 9.17) is 5.73 Å². The van der Waals surface area contributed by atoms with Gasteiger partial charge in [-0.25, -0.2) is 4.39 Å². The van der Waals surface area contributed by atoms with Crippen LogP contribution in [-0.2, 0) is 0 Å². The maximum atomic E-state index is 13.1. The van der Waals surface area contributed by atoms with Crippen molar-refractivity contribution in [2.24, 2.45) is 11.7 Å². The van der Waals surface area contributed by atoms with Crippen LogP contribution in [0.1, 0.15) is 43.2 Å². The van der Waals surface area contributed by atoms with Crippen LogP contribution in [0.2, 0.25) is 0 Å². The molecule has 1 fully saturated rings. The fourth-order valence-corrected chi connectivity index (χ4v) is 2.82. The van der Waals surface area contributed by atoms with E-state index in [1.54, 1.807) is 6.07 Å². The van der Waals surface area contributed by atoms with Gasteiger partial charge in [0.25, 0.3) is 0 Å². The first kappa shape index (κ1) is 13.3. The molecule has 0 aliphatic heterocycles.